The van der Waals surface area contributed by atoms with Crippen LogP contribution in [-0.2, 0) is 24.1 Å². The van der Waals surface area contributed by atoms with E-state index >= 15 is 0 Å². The molecule has 0 saturated carbocycles. The summed E-state index contributed by atoms with van der Waals surface area (Å²) < 4.78 is 28.4. The molecule has 118 valence electrons. The van der Waals surface area contributed by atoms with Crippen LogP contribution in [0.2, 0.25) is 0 Å². The quantitative estimate of drug-likeness (QED) is 0.710. The van der Waals surface area contributed by atoms with Gasteiger partial charge in [0.25, 0.3) is 5.56 Å². The third-order valence-corrected chi connectivity index (χ3v) is 5.51. The molecule has 2 rings (SSSR count). The minimum absolute atomic E-state index is 0.125. The lowest BCUT2D eigenvalue weighted by atomic mass is 9.99. The van der Waals surface area contributed by atoms with Gasteiger partial charge in [0.15, 0.2) is 4.90 Å². The summed E-state index contributed by atoms with van der Waals surface area (Å²) in [5.41, 5.74) is 4.49. The Kier molecular flexibility index (Phi) is 4.09. The third kappa shape index (κ3) is 2.81. The molecule has 9 heteroatoms. The first kappa shape index (κ1) is 15.9. The Labute approximate surface area is 122 Å². The normalized spacial score (nSPS) is 24.2. The largest absolute Gasteiger partial charge is 0.330 e. The molecule has 0 bridgehead atoms. The Morgan fingerprint density at radius 3 is 2.43 bits per heavy atom. The van der Waals surface area contributed by atoms with Crippen LogP contribution in [0.3, 0.4) is 0 Å². The minimum atomic E-state index is -3.96. The summed E-state index contributed by atoms with van der Waals surface area (Å²) in [5.74, 6) is 0.125. The Balaban J connectivity index is 2.55. The highest BCUT2D eigenvalue weighted by atomic mass is 32.2. The molecule has 1 saturated heterocycles. The second-order valence-electron chi connectivity index (χ2n) is 5.67. The van der Waals surface area contributed by atoms with Crippen LogP contribution in [0.4, 0.5) is 0 Å². The van der Waals surface area contributed by atoms with Gasteiger partial charge in [-0.1, -0.05) is 6.92 Å². The average Bonchev–Trinajstić information content (AvgIpc) is 2.39. The fourth-order valence-electron chi connectivity index (χ4n) is 2.64. The zero-order valence-electron chi connectivity index (χ0n) is 12.3. The van der Waals surface area contributed by atoms with Crippen molar-refractivity contribution in [2.24, 2.45) is 25.7 Å². The van der Waals surface area contributed by atoms with E-state index in [1.165, 1.54) is 18.4 Å². The fraction of sp³-hybridized carbons (Fsp3) is 0.667. The van der Waals surface area contributed by atoms with Crippen LogP contribution in [0.5, 0.6) is 0 Å². The van der Waals surface area contributed by atoms with Crippen LogP contribution in [0.25, 0.3) is 0 Å². The molecule has 0 amide bonds. The first-order valence-electron chi connectivity index (χ1n) is 6.67. The van der Waals surface area contributed by atoms with Gasteiger partial charge in [-0.15, -0.1) is 0 Å². The van der Waals surface area contributed by atoms with E-state index in [9.17, 15) is 18.0 Å². The first-order chi connectivity index (χ1) is 9.64. The predicted molar refractivity (Wildman–Crippen MR) is 77.4 cm³/mol. The number of rotatable bonds is 2. The predicted octanol–water partition coefficient (Wildman–Crippen LogP) is -1.56. The zero-order valence-corrected chi connectivity index (χ0v) is 13.1. The van der Waals surface area contributed by atoms with Gasteiger partial charge in [-0.2, -0.15) is 4.31 Å². The first-order valence-corrected chi connectivity index (χ1v) is 8.11. The number of piperidine rings is 1. The van der Waals surface area contributed by atoms with Crippen molar-refractivity contribution in [1.29, 1.82) is 0 Å². The molecule has 1 fully saturated rings. The lowest BCUT2D eigenvalue weighted by molar-refractivity contribution is 0.254. The molecule has 0 aromatic carbocycles. The number of hydrogen-bond acceptors (Lipinski definition) is 5. The molecule has 2 unspecified atom stereocenters. The van der Waals surface area contributed by atoms with Crippen molar-refractivity contribution in [2.45, 2.75) is 24.3 Å². The molecule has 0 aliphatic carbocycles. The lowest BCUT2D eigenvalue weighted by Gasteiger charge is -2.33. The van der Waals surface area contributed by atoms with Crippen molar-refractivity contribution >= 4 is 10.0 Å². The van der Waals surface area contributed by atoms with Crippen molar-refractivity contribution in [1.82, 2.24) is 13.4 Å². The van der Waals surface area contributed by atoms with Crippen LogP contribution in [0.1, 0.15) is 13.3 Å². The van der Waals surface area contributed by atoms with Gasteiger partial charge < -0.3 is 10.3 Å². The van der Waals surface area contributed by atoms with Gasteiger partial charge >= 0.3 is 5.69 Å². The van der Waals surface area contributed by atoms with Crippen molar-refractivity contribution in [2.75, 3.05) is 13.1 Å². The van der Waals surface area contributed by atoms with E-state index < -0.39 is 26.2 Å². The van der Waals surface area contributed by atoms with Crippen molar-refractivity contribution < 1.29 is 8.42 Å². The number of nitrogens with zero attached hydrogens (tertiary/aromatic N) is 3. The molecule has 21 heavy (non-hydrogen) atoms. The Morgan fingerprint density at radius 1 is 1.24 bits per heavy atom. The fourth-order valence-corrected chi connectivity index (χ4v) is 4.40. The zero-order chi connectivity index (χ0) is 15.9. The third-order valence-electron chi connectivity index (χ3n) is 3.69. The number of aryl methyl sites for hydroxylation is 1. The molecule has 0 radical (unpaired) electrons. The van der Waals surface area contributed by atoms with Crippen LogP contribution >= 0.6 is 0 Å². The van der Waals surface area contributed by atoms with Gasteiger partial charge in [0.05, 0.1) is 0 Å². The number of aromatic nitrogens is 2. The summed E-state index contributed by atoms with van der Waals surface area (Å²) in [6, 6.07) is -0.250. The highest BCUT2D eigenvalue weighted by molar-refractivity contribution is 7.89. The maximum absolute atomic E-state index is 12.7. The van der Waals surface area contributed by atoms with Crippen molar-refractivity contribution in [3.8, 4) is 0 Å². The van der Waals surface area contributed by atoms with Crippen LogP contribution in [-0.4, -0.2) is 41.0 Å². The maximum atomic E-state index is 12.7. The Bertz CT molecular complexity index is 754. The standard InChI is InChI=1S/C12H20N4O4S/c1-8-4-9(13)6-16(5-8)21(19,20)10-7-14(2)12(18)15(3)11(10)17/h7-9H,4-6,13H2,1-3H3. The molecular weight excluding hydrogens is 296 g/mol. The summed E-state index contributed by atoms with van der Waals surface area (Å²) in [4.78, 5) is 23.4. The average molecular weight is 316 g/mol. The molecule has 1 aliphatic rings. The SMILES string of the molecule is CC1CC(N)CN(S(=O)(=O)c2cn(C)c(=O)n(C)c2=O)C1. The number of nitrogens with two attached hydrogens (primary N) is 1. The summed E-state index contributed by atoms with van der Waals surface area (Å²) in [6.45, 7) is 2.42. The molecule has 2 atom stereocenters. The second-order valence-corrected chi connectivity index (χ2v) is 7.58. The molecule has 8 nitrogen and oxygen atoms in total. The molecule has 0 spiro atoms. The monoisotopic (exact) mass is 316 g/mol. The minimum Gasteiger partial charge on any atom is -0.326 e. The second kappa shape index (κ2) is 5.39. The van der Waals surface area contributed by atoms with E-state index in [0.717, 1.165) is 21.8 Å². The van der Waals surface area contributed by atoms with E-state index in [1.807, 2.05) is 6.92 Å². The van der Waals surface area contributed by atoms with Crippen molar-refractivity contribution in [3.63, 3.8) is 0 Å². The van der Waals surface area contributed by atoms with Gasteiger partial charge in [-0.25, -0.2) is 13.2 Å². The summed E-state index contributed by atoms with van der Waals surface area (Å²) >= 11 is 0. The van der Waals surface area contributed by atoms with E-state index in [-0.39, 0.29) is 18.5 Å². The number of sulfonamides is 1. The highest BCUT2D eigenvalue weighted by Gasteiger charge is 2.34. The van der Waals surface area contributed by atoms with Crippen LogP contribution < -0.4 is 17.0 Å². The molecular formula is C12H20N4O4S. The summed E-state index contributed by atoms with van der Waals surface area (Å²) in [6.07, 6.45) is 1.82. The topological polar surface area (TPSA) is 107 Å². The van der Waals surface area contributed by atoms with E-state index in [0.29, 0.717) is 6.54 Å². The molecule has 2 N–H and O–H groups in total. The van der Waals surface area contributed by atoms with E-state index in [1.54, 1.807) is 0 Å². The maximum Gasteiger partial charge on any atom is 0.330 e. The smallest absolute Gasteiger partial charge is 0.326 e. The molecule has 1 aliphatic heterocycles. The van der Waals surface area contributed by atoms with E-state index in [2.05, 4.69) is 0 Å². The van der Waals surface area contributed by atoms with Gasteiger partial charge in [0, 0.05) is 39.4 Å². The molecule has 2 heterocycles. The Morgan fingerprint density at radius 2 is 1.86 bits per heavy atom. The van der Waals surface area contributed by atoms with Gasteiger partial charge in [-0.3, -0.25) is 9.36 Å². The van der Waals surface area contributed by atoms with Crippen LogP contribution in [0.15, 0.2) is 20.7 Å². The Hall–Kier alpha value is -1.45. The van der Waals surface area contributed by atoms with Gasteiger partial charge in [0.1, 0.15) is 0 Å². The lowest BCUT2D eigenvalue weighted by Crippen LogP contribution is -2.50. The van der Waals surface area contributed by atoms with Crippen molar-refractivity contribution in [3.05, 3.63) is 27.0 Å². The van der Waals surface area contributed by atoms with Crippen LogP contribution in [0, 0.1) is 5.92 Å². The summed E-state index contributed by atoms with van der Waals surface area (Å²) in [7, 11) is -1.29. The summed E-state index contributed by atoms with van der Waals surface area (Å²) in [5, 5.41) is 0. The van der Waals surface area contributed by atoms with Gasteiger partial charge in [-0.05, 0) is 12.3 Å². The molecule has 1 aromatic heterocycles. The van der Waals surface area contributed by atoms with Gasteiger partial charge in [0.2, 0.25) is 10.0 Å². The number of hydrogen-bond donors (Lipinski definition) is 1. The molecule has 1 aromatic rings. The highest BCUT2D eigenvalue weighted by Crippen LogP contribution is 2.21. The van der Waals surface area contributed by atoms with E-state index in [4.69, 9.17) is 5.73 Å².